The highest BCUT2D eigenvalue weighted by Crippen LogP contribution is 2.12. The van der Waals surface area contributed by atoms with Crippen molar-refractivity contribution in [2.75, 3.05) is 6.54 Å². The van der Waals surface area contributed by atoms with Gasteiger partial charge in [-0.25, -0.2) is 14.4 Å². The van der Waals surface area contributed by atoms with E-state index in [4.69, 9.17) is 0 Å². The first kappa shape index (κ1) is 14.2. The number of carbonyl (C=O) groups excluding carboxylic acids is 1. The molecule has 3 rings (SSSR count). The van der Waals surface area contributed by atoms with Crippen molar-refractivity contribution in [3.8, 4) is 0 Å². The number of aliphatic hydroxyl groups excluding tert-OH is 1. The fraction of sp³-hybridized carbons (Fsp3) is 0.133. The van der Waals surface area contributed by atoms with Crippen molar-refractivity contribution in [1.29, 1.82) is 0 Å². The van der Waals surface area contributed by atoms with E-state index >= 15 is 0 Å². The van der Waals surface area contributed by atoms with Gasteiger partial charge in [0.2, 0.25) is 5.78 Å². The highest BCUT2D eigenvalue weighted by Gasteiger charge is 2.14. The lowest BCUT2D eigenvalue weighted by Gasteiger charge is -2.11. The number of nitrogens with zero attached hydrogens (tertiary/aromatic N) is 3. The van der Waals surface area contributed by atoms with Crippen LogP contribution in [0.15, 0.2) is 48.9 Å². The van der Waals surface area contributed by atoms with Crippen molar-refractivity contribution in [3.05, 3.63) is 66.0 Å². The molecule has 1 amide bonds. The summed E-state index contributed by atoms with van der Waals surface area (Å²) in [6.07, 6.45) is 3.96. The SMILES string of the molecule is O=C(NCC(O)c1ccc(F)cc1)c1cn2cccnc2n1. The van der Waals surface area contributed by atoms with E-state index in [-0.39, 0.29) is 18.1 Å². The number of benzene rings is 1. The number of hydrogen-bond donors (Lipinski definition) is 2. The highest BCUT2D eigenvalue weighted by molar-refractivity contribution is 5.92. The van der Waals surface area contributed by atoms with E-state index in [1.54, 1.807) is 29.1 Å². The molecular weight excluding hydrogens is 287 g/mol. The monoisotopic (exact) mass is 300 g/mol. The van der Waals surface area contributed by atoms with E-state index in [2.05, 4.69) is 15.3 Å². The van der Waals surface area contributed by atoms with Gasteiger partial charge in [0.25, 0.3) is 5.91 Å². The van der Waals surface area contributed by atoms with Crippen molar-refractivity contribution in [3.63, 3.8) is 0 Å². The average molecular weight is 300 g/mol. The standard InChI is InChI=1S/C15H13FN4O2/c16-11-4-2-10(3-5-11)13(21)8-18-14(22)12-9-20-7-1-6-17-15(20)19-12/h1-7,9,13,21H,8H2,(H,18,22). The van der Waals surface area contributed by atoms with Gasteiger partial charge in [0.05, 0.1) is 6.10 Å². The van der Waals surface area contributed by atoms with Crippen LogP contribution in [-0.2, 0) is 0 Å². The number of hydrogen-bond acceptors (Lipinski definition) is 4. The summed E-state index contributed by atoms with van der Waals surface area (Å²) < 4.78 is 14.4. The summed E-state index contributed by atoms with van der Waals surface area (Å²) in [6, 6.07) is 7.19. The molecule has 0 saturated heterocycles. The van der Waals surface area contributed by atoms with Crippen LogP contribution in [0.4, 0.5) is 4.39 Å². The quantitative estimate of drug-likeness (QED) is 0.762. The summed E-state index contributed by atoms with van der Waals surface area (Å²) in [4.78, 5) is 20.1. The van der Waals surface area contributed by atoms with Crippen molar-refractivity contribution in [1.82, 2.24) is 19.7 Å². The maximum absolute atomic E-state index is 12.8. The van der Waals surface area contributed by atoms with E-state index < -0.39 is 12.0 Å². The topological polar surface area (TPSA) is 79.5 Å². The van der Waals surface area contributed by atoms with Gasteiger partial charge < -0.3 is 10.4 Å². The molecule has 0 aliphatic rings. The molecule has 2 aromatic heterocycles. The summed E-state index contributed by atoms with van der Waals surface area (Å²) in [5.74, 6) is -0.365. The molecule has 0 bridgehead atoms. The minimum absolute atomic E-state index is 0.00572. The number of aliphatic hydroxyl groups is 1. The second-order valence-corrected chi connectivity index (χ2v) is 4.73. The molecule has 0 spiro atoms. The normalized spacial score (nSPS) is 12.3. The van der Waals surface area contributed by atoms with E-state index in [1.165, 1.54) is 24.3 Å². The number of carbonyl (C=O) groups is 1. The molecule has 0 fully saturated rings. The maximum Gasteiger partial charge on any atom is 0.271 e. The van der Waals surface area contributed by atoms with Gasteiger partial charge >= 0.3 is 0 Å². The van der Waals surface area contributed by atoms with Crippen molar-refractivity contribution in [2.24, 2.45) is 0 Å². The van der Waals surface area contributed by atoms with E-state index in [0.717, 1.165) is 0 Å². The van der Waals surface area contributed by atoms with Crippen LogP contribution in [0.25, 0.3) is 5.78 Å². The zero-order valence-corrected chi connectivity index (χ0v) is 11.5. The largest absolute Gasteiger partial charge is 0.387 e. The Morgan fingerprint density at radius 2 is 2.14 bits per heavy atom. The number of nitrogens with one attached hydrogen (secondary N) is 1. The molecule has 6 nitrogen and oxygen atoms in total. The maximum atomic E-state index is 12.8. The number of amides is 1. The molecule has 2 N–H and O–H groups in total. The molecule has 3 aromatic rings. The van der Waals surface area contributed by atoms with Gasteiger partial charge in [-0.1, -0.05) is 12.1 Å². The van der Waals surface area contributed by atoms with Gasteiger partial charge in [0, 0.05) is 25.1 Å². The lowest BCUT2D eigenvalue weighted by Crippen LogP contribution is -2.28. The predicted octanol–water partition coefficient (Wildman–Crippen LogP) is 1.33. The molecule has 0 aliphatic carbocycles. The molecule has 0 saturated carbocycles. The number of halogens is 1. The van der Waals surface area contributed by atoms with Gasteiger partial charge in [0.15, 0.2) is 0 Å². The van der Waals surface area contributed by atoms with Crippen LogP contribution in [0.1, 0.15) is 22.2 Å². The third-order valence-corrected chi connectivity index (χ3v) is 3.18. The number of fused-ring (bicyclic) bond motifs is 1. The summed E-state index contributed by atoms with van der Waals surface area (Å²) in [5, 5.41) is 12.6. The van der Waals surface area contributed by atoms with Crippen LogP contribution in [0, 0.1) is 5.82 Å². The minimum atomic E-state index is -0.917. The first-order valence-electron chi connectivity index (χ1n) is 6.65. The van der Waals surface area contributed by atoms with Gasteiger partial charge in [-0.2, -0.15) is 0 Å². The zero-order valence-electron chi connectivity index (χ0n) is 11.5. The van der Waals surface area contributed by atoms with E-state index in [9.17, 15) is 14.3 Å². The fourth-order valence-electron chi connectivity index (χ4n) is 2.02. The van der Waals surface area contributed by atoms with Gasteiger partial charge in [-0.05, 0) is 23.8 Å². The Bertz CT molecular complexity index is 768. The van der Waals surface area contributed by atoms with Crippen LogP contribution in [0.2, 0.25) is 0 Å². The predicted molar refractivity (Wildman–Crippen MR) is 76.7 cm³/mol. The lowest BCUT2D eigenvalue weighted by atomic mass is 10.1. The third-order valence-electron chi connectivity index (χ3n) is 3.18. The second kappa shape index (κ2) is 5.90. The Kier molecular flexibility index (Phi) is 3.80. The second-order valence-electron chi connectivity index (χ2n) is 4.73. The Morgan fingerprint density at radius 1 is 1.36 bits per heavy atom. The van der Waals surface area contributed by atoms with Crippen molar-refractivity contribution >= 4 is 11.7 Å². The van der Waals surface area contributed by atoms with E-state index in [0.29, 0.717) is 11.3 Å². The highest BCUT2D eigenvalue weighted by atomic mass is 19.1. The summed E-state index contributed by atoms with van der Waals surface area (Å²) in [5.41, 5.74) is 0.739. The average Bonchev–Trinajstić information content (AvgIpc) is 2.97. The Hall–Kier alpha value is -2.80. The van der Waals surface area contributed by atoms with Crippen LogP contribution < -0.4 is 5.32 Å². The van der Waals surface area contributed by atoms with Gasteiger partial charge in [-0.3, -0.25) is 9.20 Å². The van der Waals surface area contributed by atoms with Gasteiger partial charge in [0.1, 0.15) is 11.5 Å². The molecular formula is C15H13FN4O2. The number of imidazole rings is 1. The first-order valence-corrected chi connectivity index (χ1v) is 6.65. The molecule has 1 aromatic carbocycles. The summed E-state index contributed by atoms with van der Waals surface area (Å²) >= 11 is 0. The molecule has 0 aliphatic heterocycles. The number of aromatic nitrogens is 3. The van der Waals surface area contributed by atoms with Crippen molar-refractivity contribution in [2.45, 2.75) is 6.10 Å². The Labute approximate surface area is 125 Å². The minimum Gasteiger partial charge on any atom is -0.387 e. The van der Waals surface area contributed by atoms with Crippen LogP contribution in [-0.4, -0.2) is 31.9 Å². The van der Waals surface area contributed by atoms with Crippen molar-refractivity contribution < 1.29 is 14.3 Å². The molecule has 112 valence electrons. The summed E-state index contributed by atoms with van der Waals surface area (Å²) in [6.45, 7) is 0.00572. The Balaban J connectivity index is 1.65. The van der Waals surface area contributed by atoms with Gasteiger partial charge in [-0.15, -0.1) is 0 Å². The molecule has 2 heterocycles. The smallest absolute Gasteiger partial charge is 0.271 e. The van der Waals surface area contributed by atoms with Crippen LogP contribution in [0.5, 0.6) is 0 Å². The zero-order chi connectivity index (χ0) is 15.5. The Morgan fingerprint density at radius 3 is 2.86 bits per heavy atom. The third kappa shape index (κ3) is 2.94. The molecule has 1 unspecified atom stereocenters. The molecule has 7 heteroatoms. The van der Waals surface area contributed by atoms with E-state index in [1.807, 2.05) is 0 Å². The summed E-state index contributed by atoms with van der Waals surface area (Å²) in [7, 11) is 0. The first-order chi connectivity index (χ1) is 10.6. The van der Waals surface area contributed by atoms with Crippen LogP contribution >= 0.6 is 0 Å². The molecule has 22 heavy (non-hydrogen) atoms. The lowest BCUT2D eigenvalue weighted by molar-refractivity contribution is 0.0912. The number of rotatable bonds is 4. The molecule has 1 atom stereocenters. The molecule has 0 radical (unpaired) electrons. The van der Waals surface area contributed by atoms with Crippen LogP contribution in [0.3, 0.4) is 0 Å². The fourth-order valence-corrected chi connectivity index (χ4v) is 2.02.